The maximum atomic E-state index is 5.48. The van der Waals surface area contributed by atoms with Gasteiger partial charge >= 0.3 is 0 Å². The SMILES string of the molecule is CCNC(c1ccc(C)s1)C(C)(C)N1CCOCC1. The first kappa shape index (κ1) is 15.0. The number of hydrogen-bond donors (Lipinski definition) is 1. The predicted molar refractivity (Wildman–Crippen MR) is 81.9 cm³/mol. The Morgan fingerprint density at radius 2 is 2.05 bits per heavy atom. The van der Waals surface area contributed by atoms with Crippen LogP contribution in [0.3, 0.4) is 0 Å². The summed E-state index contributed by atoms with van der Waals surface area (Å²) >= 11 is 1.91. The van der Waals surface area contributed by atoms with Crippen LogP contribution in [0.5, 0.6) is 0 Å². The molecule has 19 heavy (non-hydrogen) atoms. The minimum absolute atomic E-state index is 0.108. The topological polar surface area (TPSA) is 24.5 Å². The van der Waals surface area contributed by atoms with E-state index in [1.54, 1.807) is 0 Å². The first-order valence-electron chi connectivity index (χ1n) is 7.18. The molecule has 1 atom stereocenters. The van der Waals surface area contributed by atoms with E-state index in [-0.39, 0.29) is 5.54 Å². The van der Waals surface area contributed by atoms with E-state index >= 15 is 0 Å². The van der Waals surface area contributed by atoms with Crippen LogP contribution < -0.4 is 5.32 Å². The Labute approximate surface area is 121 Å². The number of ether oxygens (including phenoxy) is 1. The van der Waals surface area contributed by atoms with Crippen LogP contribution in [0.25, 0.3) is 0 Å². The van der Waals surface area contributed by atoms with E-state index in [0.717, 1.165) is 32.8 Å². The lowest BCUT2D eigenvalue weighted by Gasteiger charge is -2.45. The van der Waals surface area contributed by atoms with Gasteiger partial charge in [-0.3, -0.25) is 4.90 Å². The van der Waals surface area contributed by atoms with Gasteiger partial charge in [-0.05, 0) is 39.4 Å². The summed E-state index contributed by atoms with van der Waals surface area (Å²) < 4.78 is 5.48. The highest BCUT2D eigenvalue weighted by Gasteiger charge is 2.37. The van der Waals surface area contributed by atoms with Crippen LogP contribution in [-0.2, 0) is 4.74 Å². The summed E-state index contributed by atoms with van der Waals surface area (Å²) in [6.07, 6.45) is 0. The molecule has 0 spiro atoms. The fraction of sp³-hybridized carbons (Fsp3) is 0.733. The zero-order chi connectivity index (χ0) is 13.9. The Balaban J connectivity index is 2.20. The quantitative estimate of drug-likeness (QED) is 0.899. The molecule has 4 heteroatoms. The van der Waals surface area contributed by atoms with E-state index in [4.69, 9.17) is 4.74 Å². The molecule has 1 saturated heterocycles. The molecule has 0 bridgehead atoms. The predicted octanol–water partition coefficient (Wildman–Crippen LogP) is 2.82. The summed E-state index contributed by atoms with van der Waals surface area (Å²) in [4.78, 5) is 5.38. The summed E-state index contributed by atoms with van der Waals surface area (Å²) in [5.41, 5.74) is 0.108. The van der Waals surface area contributed by atoms with E-state index in [0.29, 0.717) is 6.04 Å². The third kappa shape index (κ3) is 3.37. The molecule has 1 aromatic rings. The maximum absolute atomic E-state index is 5.48. The molecule has 0 saturated carbocycles. The smallest absolute Gasteiger partial charge is 0.0596 e. The van der Waals surface area contributed by atoms with Gasteiger partial charge in [0.05, 0.1) is 19.3 Å². The van der Waals surface area contributed by atoms with Crippen molar-refractivity contribution in [3.8, 4) is 0 Å². The van der Waals surface area contributed by atoms with E-state index < -0.39 is 0 Å². The number of rotatable bonds is 5. The van der Waals surface area contributed by atoms with Gasteiger partial charge in [-0.15, -0.1) is 11.3 Å². The molecule has 1 N–H and O–H groups in total. The summed E-state index contributed by atoms with van der Waals surface area (Å²) in [5, 5.41) is 3.68. The lowest BCUT2D eigenvalue weighted by atomic mass is 9.90. The van der Waals surface area contributed by atoms with Gasteiger partial charge in [0.15, 0.2) is 0 Å². The fourth-order valence-corrected chi connectivity index (χ4v) is 3.97. The van der Waals surface area contributed by atoms with Crippen molar-refractivity contribution in [2.45, 2.75) is 39.3 Å². The molecule has 1 fully saturated rings. The van der Waals surface area contributed by atoms with Crippen LogP contribution >= 0.6 is 11.3 Å². The first-order chi connectivity index (χ1) is 9.05. The van der Waals surface area contributed by atoms with Crippen molar-refractivity contribution in [2.24, 2.45) is 0 Å². The van der Waals surface area contributed by atoms with Crippen LogP contribution in [0.1, 0.15) is 36.6 Å². The van der Waals surface area contributed by atoms with Crippen LogP contribution in [0.15, 0.2) is 12.1 Å². The lowest BCUT2D eigenvalue weighted by molar-refractivity contribution is -0.0231. The third-order valence-corrected chi connectivity index (χ3v) is 5.05. The van der Waals surface area contributed by atoms with E-state index in [1.165, 1.54) is 9.75 Å². The highest BCUT2D eigenvalue weighted by Crippen LogP contribution is 2.35. The Bertz CT molecular complexity index is 397. The van der Waals surface area contributed by atoms with Crippen LogP contribution in [-0.4, -0.2) is 43.3 Å². The minimum atomic E-state index is 0.108. The highest BCUT2D eigenvalue weighted by molar-refractivity contribution is 7.12. The number of likely N-dealkylation sites (N-methyl/N-ethyl adjacent to an activating group) is 1. The summed E-state index contributed by atoms with van der Waals surface area (Å²) in [6, 6.07) is 4.88. The fourth-order valence-electron chi connectivity index (χ4n) is 2.83. The standard InChI is InChI=1S/C15H26N2OS/c1-5-16-14(13-7-6-12(2)19-13)15(3,4)17-8-10-18-11-9-17/h6-7,14,16H,5,8-11H2,1-4H3. The number of nitrogens with zero attached hydrogens (tertiary/aromatic N) is 1. The van der Waals surface area contributed by atoms with Gasteiger partial charge in [-0.25, -0.2) is 0 Å². The largest absolute Gasteiger partial charge is 0.379 e. The number of hydrogen-bond acceptors (Lipinski definition) is 4. The van der Waals surface area contributed by atoms with E-state index in [9.17, 15) is 0 Å². The molecule has 1 unspecified atom stereocenters. The Morgan fingerprint density at radius 1 is 1.37 bits per heavy atom. The van der Waals surface area contributed by atoms with Gasteiger partial charge in [0.1, 0.15) is 0 Å². The first-order valence-corrected chi connectivity index (χ1v) is 8.00. The molecule has 108 valence electrons. The summed E-state index contributed by atoms with van der Waals surface area (Å²) in [6.45, 7) is 13.8. The van der Waals surface area contributed by atoms with Crippen molar-refractivity contribution in [3.05, 3.63) is 21.9 Å². The number of morpholine rings is 1. The van der Waals surface area contributed by atoms with Crippen molar-refractivity contribution in [1.82, 2.24) is 10.2 Å². The molecule has 0 radical (unpaired) electrons. The van der Waals surface area contributed by atoms with E-state index in [2.05, 4.69) is 50.0 Å². The maximum Gasteiger partial charge on any atom is 0.0596 e. The molecule has 1 aromatic heterocycles. The van der Waals surface area contributed by atoms with Gasteiger partial charge < -0.3 is 10.1 Å². The monoisotopic (exact) mass is 282 g/mol. The van der Waals surface area contributed by atoms with Crippen molar-refractivity contribution in [3.63, 3.8) is 0 Å². The second kappa shape index (κ2) is 6.35. The van der Waals surface area contributed by atoms with Crippen molar-refractivity contribution < 1.29 is 4.74 Å². The lowest BCUT2D eigenvalue weighted by Crippen LogP contribution is -2.56. The van der Waals surface area contributed by atoms with Crippen molar-refractivity contribution >= 4 is 11.3 Å². The number of nitrogens with one attached hydrogen (secondary N) is 1. The Hall–Kier alpha value is -0.420. The molecule has 2 heterocycles. The summed E-state index contributed by atoms with van der Waals surface area (Å²) in [5.74, 6) is 0. The molecule has 1 aliphatic heterocycles. The zero-order valence-electron chi connectivity index (χ0n) is 12.5. The molecule has 3 nitrogen and oxygen atoms in total. The van der Waals surface area contributed by atoms with Crippen LogP contribution in [0, 0.1) is 6.92 Å². The van der Waals surface area contributed by atoms with Crippen molar-refractivity contribution in [2.75, 3.05) is 32.8 Å². The Morgan fingerprint density at radius 3 is 2.58 bits per heavy atom. The average Bonchev–Trinajstić information content (AvgIpc) is 2.83. The van der Waals surface area contributed by atoms with Gasteiger partial charge in [0.25, 0.3) is 0 Å². The molecular weight excluding hydrogens is 256 g/mol. The minimum Gasteiger partial charge on any atom is -0.379 e. The van der Waals surface area contributed by atoms with Crippen LogP contribution in [0.4, 0.5) is 0 Å². The number of thiophene rings is 1. The molecule has 0 aliphatic carbocycles. The second-order valence-corrected chi connectivity index (χ2v) is 7.01. The third-order valence-electron chi connectivity index (χ3n) is 3.99. The van der Waals surface area contributed by atoms with Gasteiger partial charge in [-0.1, -0.05) is 6.92 Å². The Kier molecular flexibility index (Phi) is 5.01. The van der Waals surface area contributed by atoms with Gasteiger partial charge in [0.2, 0.25) is 0 Å². The van der Waals surface area contributed by atoms with Crippen molar-refractivity contribution in [1.29, 1.82) is 0 Å². The van der Waals surface area contributed by atoms with Gasteiger partial charge in [0, 0.05) is 28.4 Å². The second-order valence-electron chi connectivity index (χ2n) is 5.69. The zero-order valence-corrected chi connectivity index (χ0v) is 13.3. The molecule has 1 aliphatic rings. The highest BCUT2D eigenvalue weighted by atomic mass is 32.1. The van der Waals surface area contributed by atoms with Crippen LogP contribution in [0.2, 0.25) is 0 Å². The summed E-state index contributed by atoms with van der Waals surface area (Å²) in [7, 11) is 0. The molecule has 0 amide bonds. The molecule has 0 aromatic carbocycles. The number of aryl methyl sites for hydroxylation is 1. The average molecular weight is 282 g/mol. The normalized spacial score (nSPS) is 19.6. The molecule has 2 rings (SSSR count). The van der Waals surface area contributed by atoms with Gasteiger partial charge in [-0.2, -0.15) is 0 Å². The molecular formula is C15H26N2OS. The van der Waals surface area contributed by atoms with E-state index in [1.807, 2.05) is 11.3 Å².